The van der Waals surface area contributed by atoms with Gasteiger partial charge < -0.3 is 24.8 Å². The van der Waals surface area contributed by atoms with E-state index in [-0.39, 0.29) is 49.2 Å². The summed E-state index contributed by atoms with van der Waals surface area (Å²) in [6.07, 6.45) is 2.40. The maximum Gasteiger partial charge on any atom is 0.259 e. The van der Waals surface area contributed by atoms with Crippen molar-refractivity contribution in [2.24, 2.45) is 9.98 Å². The largest absolute Gasteiger partial charge is 0.454 e. The molecule has 4 aliphatic heterocycles. The first kappa shape index (κ1) is 26.3. The molecule has 2 aromatic carbocycles. The molecule has 3 amide bonds. The Balaban J connectivity index is 1.06. The smallest absolute Gasteiger partial charge is 0.259 e. The van der Waals surface area contributed by atoms with Gasteiger partial charge in [0.05, 0.1) is 17.5 Å². The van der Waals surface area contributed by atoms with Crippen molar-refractivity contribution in [3.8, 4) is 11.5 Å². The van der Waals surface area contributed by atoms with Gasteiger partial charge in [0.2, 0.25) is 18.6 Å². The first-order chi connectivity index (χ1) is 19.5. The second-order valence-corrected chi connectivity index (χ2v) is 10.7. The highest BCUT2D eigenvalue weighted by Gasteiger charge is 2.41. The maximum absolute atomic E-state index is 13.4. The Labute approximate surface area is 235 Å². The lowest BCUT2D eigenvalue weighted by Gasteiger charge is -2.25. The van der Waals surface area contributed by atoms with Gasteiger partial charge in [0.1, 0.15) is 11.9 Å². The lowest BCUT2D eigenvalue weighted by atomic mass is 10.1. The number of carbonyl (C=O) groups excluding carboxylic acids is 3. The molecule has 11 nitrogen and oxygen atoms in total. The third kappa shape index (κ3) is 5.68. The lowest BCUT2D eigenvalue weighted by Crippen LogP contribution is -2.42. The highest BCUT2D eigenvalue weighted by molar-refractivity contribution is 8.14. The van der Waals surface area contributed by atoms with Crippen LogP contribution in [-0.2, 0) is 25.7 Å². The SMILES string of the molecule is O=C(CC[C@H]1N=C2c3ccccc3N=C(SCC(=O)NC[C@H]3CCCO3)N2C1=O)NCc1ccc2c(c1)OCO2. The third-order valence-corrected chi connectivity index (χ3v) is 7.94. The van der Waals surface area contributed by atoms with Crippen molar-refractivity contribution in [1.29, 1.82) is 0 Å². The molecular weight excluding hydrogens is 534 g/mol. The predicted molar refractivity (Wildman–Crippen MR) is 149 cm³/mol. The minimum absolute atomic E-state index is 0.0571. The van der Waals surface area contributed by atoms with E-state index >= 15 is 0 Å². The molecule has 0 aromatic heterocycles. The number of aliphatic imine (C=N–C) groups is 2. The molecule has 1 saturated heterocycles. The molecule has 2 N–H and O–H groups in total. The molecule has 208 valence electrons. The monoisotopic (exact) mass is 563 g/mol. The summed E-state index contributed by atoms with van der Waals surface area (Å²) in [7, 11) is 0. The van der Waals surface area contributed by atoms with E-state index in [0.29, 0.717) is 41.3 Å². The number of amidine groups is 2. The number of fused-ring (bicyclic) bond motifs is 4. The Bertz CT molecular complexity index is 1390. The van der Waals surface area contributed by atoms with Crippen molar-refractivity contribution in [3.63, 3.8) is 0 Å². The normalized spacial score (nSPS) is 20.5. The van der Waals surface area contributed by atoms with Crippen LogP contribution in [-0.4, -0.2) is 71.5 Å². The van der Waals surface area contributed by atoms with E-state index in [1.165, 1.54) is 16.7 Å². The van der Waals surface area contributed by atoms with Gasteiger partial charge >= 0.3 is 0 Å². The second kappa shape index (κ2) is 11.7. The first-order valence-corrected chi connectivity index (χ1v) is 14.3. The fraction of sp³-hybridized carbons (Fsp3) is 0.393. The molecule has 1 fully saturated rings. The summed E-state index contributed by atoms with van der Waals surface area (Å²) >= 11 is 1.20. The van der Waals surface area contributed by atoms with Gasteiger partial charge in [-0.25, -0.2) is 9.89 Å². The Morgan fingerprint density at radius 2 is 1.95 bits per heavy atom. The Morgan fingerprint density at radius 3 is 2.83 bits per heavy atom. The highest BCUT2D eigenvalue weighted by atomic mass is 32.2. The van der Waals surface area contributed by atoms with Crippen LogP contribution >= 0.6 is 11.8 Å². The zero-order valence-electron chi connectivity index (χ0n) is 21.8. The van der Waals surface area contributed by atoms with E-state index in [1.54, 1.807) is 0 Å². The van der Waals surface area contributed by atoms with Crippen LogP contribution in [0.15, 0.2) is 52.4 Å². The molecular formula is C28H29N5O6S. The van der Waals surface area contributed by atoms with Gasteiger partial charge in [-0.2, -0.15) is 0 Å². The molecule has 0 aliphatic carbocycles. The number of rotatable bonds is 9. The van der Waals surface area contributed by atoms with Crippen molar-refractivity contribution >= 4 is 46.2 Å². The zero-order chi connectivity index (χ0) is 27.5. The number of carbonyl (C=O) groups is 3. The number of hydrogen-bond donors (Lipinski definition) is 2. The fourth-order valence-electron chi connectivity index (χ4n) is 4.91. The van der Waals surface area contributed by atoms with Crippen LogP contribution in [0.5, 0.6) is 11.5 Å². The number of ether oxygens (including phenoxy) is 3. The van der Waals surface area contributed by atoms with Gasteiger partial charge in [0.15, 0.2) is 16.7 Å². The average Bonchev–Trinajstić information content (AvgIpc) is 3.73. The van der Waals surface area contributed by atoms with E-state index in [1.807, 2.05) is 42.5 Å². The van der Waals surface area contributed by atoms with E-state index in [4.69, 9.17) is 19.2 Å². The summed E-state index contributed by atoms with van der Waals surface area (Å²) in [4.78, 5) is 49.4. The van der Waals surface area contributed by atoms with Gasteiger partial charge in [-0.1, -0.05) is 30.0 Å². The number of hydrogen-bond acceptors (Lipinski definition) is 9. The van der Waals surface area contributed by atoms with Crippen LogP contribution in [0, 0.1) is 0 Å². The molecule has 2 aromatic rings. The van der Waals surface area contributed by atoms with E-state index < -0.39 is 6.04 Å². The number of thioether (sulfide) groups is 1. The molecule has 40 heavy (non-hydrogen) atoms. The maximum atomic E-state index is 13.4. The van der Waals surface area contributed by atoms with Crippen LogP contribution < -0.4 is 20.1 Å². The molecule has 4 aliphatic rings. The van der Waals surface area contributed by atoms with Gasteiger partial charge in [0, 0.05) is 31.7 Å². The molecule has 0 saturated carbocycles. The van der Waals surface area contributed by atoms with E-state index in [9.17, 15) is 14.4 Å². The Kier molecular flexibility index (Phi) is 7.69. The molecule has 2 atom stereocenters. The number of benzene rings is 2. The highest BCUT2D eigenvalue weighted by Crippen LogP contribution is 2.35. The molecule has 0 unspecified atom stereocenters. The topological polar surface area (TPSA) is 131 Å². The summed E-state index contributed by atoms with van der Waals surface area (Å²) < 4.78 is 16.3. The van der Waals surface area contributed by atoms with Gasteiger partial charge in [-0.05, 0) is 49.1 Å². The quantitative estimate of drug-likeness (QED) is 0.479. The molecule has 12 heteroatoms. The third-order valence-electron chi connectivity index (χ3n) is 7.00. The van der Waals surface area contributed by atoms with Crippen LogP contribution in [0.1, 0.15) is 36.8 Å². The predicted octanol–water partition coefficient (Wildman–Crippen LogP) is 2.50. The summed E-state index contributed by atoms with van der Waals surface area (Å²) in [6.45, 7) is 1.74. The van der Waals surface area contributed by atoms with Crippen LogP contribution in [0.4, 0.5) is 5.69 Å². The second-order valence-electron chi connectivity index (χ2n) is 9.78. The summed E-state index contributed by atoms with van der Waals surface area (Å²) in [5.74, 6) is 1.38. The van der Waals surface area contributed by atoms with Crippen molar-refractivity contribution in [3.05, 3.63) is 53.6 Å². The zero-order valence-corrected chi connectivity index (χ0v) is 22.6. The number of nitrogens with one attached hydrogen (secondary N) is 2. The molecule has 0 spiro atoms. The van der Waals surface area contributed by atoms with Gasteiger partial charge in [-0.3, -0.25) is 19.4 Å². The Hall–Kier alpha value is -3.90. The van der Waals surface area contributed by atoms with Crippen LogP contribution in [0.25, 0.3) is 0 Å². The first-order valence-electron chi connectivity index (χ1n) is 13.3. The van der Waals surface area contributed by atoms with E-state index in [0.717, 1.165) is 30.6 Å². The summed E-state index contributed by atoms with van der Waals surface area (Å²) in [5.41, 5.74) is 2.33. The van der Waals surface area contributed by atoms with Crippen molar-refractivity contribution < 1.29 is 28.6 Å². The fourth-order valence-corrected chi connectivity index (χ4v) is 5.74. The summed E-state index contributed by atoms with van der Waals surface area (Å²) in [5, 5.41) is 6.20. The number of nitrogens with zero attached hydrogens (tertiary/aromatic N) is 3. The van der Waals surface area contributed by atoms with Crippen molar-refractivity contribution in [2.45, 2.75) is 44.4 Å². The minimum atomic E-state index is -0.711. The van der Waals surface area contributed by atoms with Crippen LogP contribution in [0.2, 0.25) is 0 Å². The van der Waals surface area contributed by atoms with Crippen LogP contribution in [0.3, 0.4) is 0 Å². The lowest BCUT2D eigenvalue weighted by molar-refractivity contribution is -0.125. The van der Waals surface area contributed by atoms with Gasteiger partial charge in [-0.15, -0.1) is 0 Å². The number of para-hydroxylation sites is 1. The standard InChI is InChI=1S/C28H29N5O6S/c34-24(29-13-17-7-9-22-23(12-17)39-16-38-22)10-8-21-27(36)33-26(31-21)19-5-1-2-6-20(19)32-28(33)40-15-25(35)30-14-18-4-3-11-37-18/h1-2,5-7,9,12,18,21H,3-4,8,10-11,13-16H2,(H,29,34)(H,30,35)/t18-,21-/m1/s1. The molecule has 0 bridgehead atoms. The van der Waals surface area contributed by atoms with Gasteiger partial charge in [0.25, 0.3) is 5.91 Å². The minimum Gasteiger partial charge on any atom is -0.454 e. The van der Waals surface area contributed by atoms with Crippen molar-refractivity contribution in [1.82, 2.24) is 15.5 Å². The number of amides is 3. The molecule has 6 rings (SSSR count). The molecule has 4 heterocycles. The van der Waals surface area contributed by atoms with E-state index in [2.05, 4.69) is 15.6 Å². The summed E-state index contributed by atoms with van der Waals surface area (Å²) in [6, 6.07) is 12.3. The average molecular weight is 564 g/mol. The Morgan fingerprint density at radius 1 is 1.07 bits per heavy atom. The molecule has 0 radical (unpaired) electrons. The van der Waals surface area contributed by atoms with Crippen molar-refractivity contribution in [2.75, 3.05) is 25.7 Å².